The maximum Gasteiger partial charge on any atom is 0.313 e. The molecule has 1 N–H and O–H groups in total. The van der Waals surface area contributed by atoms with Crippen molar-refractivity contribution in [3.05, 3.63) is 29.6 Å². The zero-order valence-electron chi connectivity index (χ0n) is 16.4. The molecule has 0 fully saturated rings. The van der Waals surface area contributed by atoms with Crippen LogP contribution in [0.3, 0.4) is 0 Å². The van der Waals surface area contributed by atoms with Crippen LogP contribution < -0.4 is 14.8 Å². The van der Waals surface area contributed by atoms with Gasteiger partial charge >= 0.3 is 5.97 Å². The zero-order valence-corrected chi connectivity index (χ0v) is 17.2. The summed E-state index contributed by atoms with van der Waals surface area (Å²) >= 11 is 1.25. The van der Waals surface area contributed by atoms with E-state index < -0.39 is 0 Å². The third-order valence-corrected chi connectivity index (χ3v) is 4.82. The van der Waals surface area contributed by atoms with Crippen molar-refractivity contribution in [1.29, 1.82) is 0 Å². The summed E-state index contributed by atoms with van der Waals surface area (Å²) in [6.07, 6.45) is 0.0450. The summed E-state index contributed by atoms with van der Waals surface area (Å²) in [5, 5.41) is 11.4. The minimum absolute atomic E-state index is 0.0450. The van der Waals surface area contributed by atoms with E-state index in [0.29, 0.717) is 35.6 Å². The molecule has 1 amide bonds. The minimum atomic E-state index is -0.359. The van der Waals surface area contributed by atoms with Gasteiger partial charge in [-0.05, 0) is 24.6 Å². The number of hydrogen-bond acceptors (Lipinski definition) is 8. The molecule has 2 aromatic rings. The number of nitrogens with one attached hydrogen (secondary N) is 1. The minimum Gasteiger partial charge on any atom is -0.493 e. The number of methoxy groups -OCH3 is 2. The first kappa shape index (κ1) is 21.5. The first-order valence-corrected chi connectivity index (χ1v) is 9.61. The molecule has 0 radical (unpaired) electrons. The smallest absolute Gasteiger partial charge is 0.313 e. The summed E-state index contributed by atoms with van der Waals surface area (Å²) in [7, 11) is 4.88. The van der Waals surface area contributed by atoms with E-state index in [9.17, 15) is 9.59 Å². The van der Waals surface area contributed by atoms with Crippen LogP contribution in [0.2, 0.25) is 0 Å². The maximum atomic E-state index is 12.1. The molecule has 2 rings (SSSR count). The van der Waals surface area contributed by atoms with E-state index in [0.717, 1.165) is 5.56 Å². The number of aromatic nitrogens is 3. The first-order valence-electron chi connectivity index (χ1n) is 8.62. The van der Waals surface area contributed by atoms with Gasteiger partial charge in [-0.25, -0.2) is 0 Å². The standard InChI is InChI=1S/C18H24N4O5S/c1-5-27-17(24)9-15-20-21-18(22(15)2)28-11-16(23)19-10-12-6-7-13(25-3)14(8-12)26-4/h6-8H,5,9-11H2,1-4H3,(H,19,23). The van der Waals surface area contributed by atoms with Crippen molar-refractivity contribution in [1.82, 2.24) is 20.1 Å². The number of hydrogen-bond donors (Lipinski definition) is 1. The van der Waals surface area contributed by atoms with Gasteiger partial charge in [-0.2, -0.15) is 0 Å². The van der Waals surface area contributed by atoms with Gasteiger partial charge in [0.15, 0.2) is 16.7 Å². The zero-order chi connectivity index (χ0) is 20.5. The van der Waals surface area contributed by atoms with E-state index in [1.165, 1.54) is 11.8 Å². The van der Waals surface area contributed by atoms with Gasteiger partial charge in [0, 0.05) is 13.6 Å². The fourth-order valence-corrected chi connectivity index (χ4v) is 3.10. The summed E-state index contributed by atoms with van der Waals surface area (Å²) in [6.45, 7) is 2.43. The molecule has 0 unspecified atom stereocenters. The molecule has 10 heteroatoms. The monoisotopic (exact) mass is 408 g/mol. The molecule has 28 heavy (non-hydrogen) atoms. The SMILES string of the molecule is CCOC(=O)Cc1nnc(SCC(=O)NCc2ccc(OC)c(OC)c2)n1C. The molecule has 1 aromatic carbocycles. The van der Waals surface area contributed by atoms with Crippen LogP contribution in [0.1, 0.15) is 18.3 Å². The van der Waals surface area contributed by atoms with Crippen LogP contribution in [-0.4, -0.2) is 53.2 Å². The van der Waals surface area contributed by atoms with Gasteiger partial charge in [-0.1, -0.05) is 17.8 Å². The molecule has 0 aliphatic heterocycles. The topological polar surface area (TPSA) is 105 Å². The fraction of sp³-hybridized carbons (Fsp3) is 0.444. The highest BCUT2D eigenvalue weighted by atomic mass is 32.2. The average Bonchev–Trinajstić information content (AvgIpc) is 3.04. The Balaban J connectivity index is 1.84. The van der Waals surface area contributed by atoms with Gasteiger partial charge in [0.2, 0.25) is 5.91 Å². The lowest BCUT2D eigenvalue weighted by Gasteiger charge is -2.10. The van der Waals surface area contributed by atoms with E-state index in [-0.39, 0.29) is 24.1 Å². The normalized spacial score (nSPS) is 10.4. The first-order chi connectivity index (χ1) is 13.5. The largest absolute Gasteiger partial charge is 0.493 e. The van der Waals surface area contributed by atoms with E-state index in [4.69, 9.17) is 14.2 Å². The van der Waals surface area contributed by atoms with E-state index >= 15 is 0 Å². The summed E-state index contributed by atoms with van der Waals surface area (Å²) < 4.78 is 17.0. The molecule has 1 heterocycles. The lowest BCUT2D eigenvalue weighted by atomic mass is 10.2. The number of thioether (sulfide) groups is 1. The average molecular weight is 408 g/mol. The number of esters is 1. The summed E-state index contributed by atoms with van der Waals surface area (Å²) in [6, 6.07) is 5.47. The predicted molar refractivity (Wildman–Crippen MR) is 103 cm³/mol. The predicted octanol–water partition coefficient (Wildman–Crippen LogP) is 1.35. The van der Waals surface area contributed by atoms with Crippen LogP contribution in [0.15, 0.2) is 23.4 Å². The molecule has 0 saturated carbocycles. The lowest BCUT2D eigenvalue weighted by Crippen LogP contribution is -2.24. The second-order valence-electron chi connectivity index (χ2n) is 5.69. The van der Waals surface area contributed by atoms with Crippen molar-refractivity contribution in [3.8, 4) is 11.5 Å². The van der Waals surface area contributed by atoms with E-state index in [1.54, 1.807) is 38.8 Å². The molecular weight excluding hydrogens is 384 g/mol. The van der Waals surface area contributed by atoms with E-state index in [1.807, 2.05) is 12.1 Å². The number of carbonyl (C=O) groups excluding carboxylic acids is 2. The van der Waals surface area contributed by atoms with Crippen molar-refractivity contribution < 1.29 is 23.8 Å². The molecule has 0 spiro atoms. The lowest BCUT2D eigenvalue weighted by molar-refractivity contribution is -0.142. The summed E-state index contributed by atoms with van der Waals surface area (Å²) in [5.74, 6) is 1.41. The van der Waals surface area contributed by atoms with Crippen molar-refractivity contribution in [3.63, 3.8) is 0 Å². The number of amides is 1. The number of rotatable bonds is 10. The van der Waals surface area contributed by atoms with Gasteiger partial charge in [0.05, 0.1) is 26.6 Å². The maximum absolute atomic E-state index is 12.1. The number of carbonyl (C=O) groups is 2. The Morgan fingerprint density at radius 2 is 1.93 bits per heavy atom. The van der Waals surface area contributed by atoms with Gasteiger partial charge in [-0.15, -0.1) is 10.2 Å². The molecule has 0 saturated heterocycles. The van der Waals surface area contributed by atoms with Crippen molar-refractivity contribution in [2.75, 3.05) is 26.6 Å². The Morgan fingerprint density at radius 1 is 1.18 bits per heavy atom. The second-order valence-corrected chi connectivity index (χ2v) is 6.64. The third-order valence-electron chi connectivity index (χ3n) is 3.80. The van der Waals surface area contributed by atoms with Crippen LogP contribution >= 0.6 is 11.8 Å². The van der Waals surface area contributed by atoms with Gasteiger partial charge in [-0.3, -0.25) is 9.59 Å². The Labute approximate surface area is 167 Å². The number of benzene rings is 1. The van der Waals surface area contributed by atoms with E-state index in [2.05, 4.69) is 15.5 Å². The Hall–Kier alpha value is -2.75. The molecule has 9 nitrogen and oxygen atoms in total. The highest BCUT2D eigenvalue weighted by Gasteiger charge is 2.15. The molecule has 0 bridgehead atoms. The van der Waals surface area contributed by atoms with Crippen LogP contribution in [0.25, 0.3) is 0 Å². The molecule has 0 atom stereocenters. The molecule has 1 aromatic heterocycles. The molecule has 0 aliphatic rings. The number of ether oxygens (including phenoxy) is 3. The van der Waals surface area contributed by atoms with Crippen LogP contribution in [-0.2, 0) is 34.3 Å². The van der Waals surface area contributed by atoms with Crippen molar-refractivity contribution in [2.45, 2.75) is 25.0 Å². The Kier molecular flexibility index (Phi) is 8.12. The van der Waals surface area contributed by atoms with Gasteiger partial charge in [0.25, 0.3) is 0 Å². The highest BCUT2D eigenvalue weighted by Crippen LogP contribution is 2.27. The summed E-state index contributed by atoms with van der Waals surface area (Å²) in [4.78, 5) is 23.7. The van der Waals surface area contributed by atoms with Gasteiger partial charge < -0.3 is 24.1 Å². The summed E-state index contributed by atoms with van der Waals surface area (Å²) in [5.41, 5.74) is 0.895. The molecular formula is C18H24N4O5S. The van der Waals surface area contributed by atoms with Crippen LogP contribution in [0, 0.1) is 0 Å². The molecule has 152 valence electrons. The Morgan fingerprint density at radius 3 is 2.61 bits per heavy atom. The number of nitrogens with zero attached hydrogens (tertiary/aromatic N) is 3. The van der Waals surface area contributed by atoms with Crippen LogP contribution in [0.5, 0.6) is 11.5 Å². The highest BCUT2D eigenvalue weighted by molar-refractivity contribution is 7.99. The van der Waals surface area contributed by atoms with Gasteiger partial charge in [0.1, 0.15) is 12.2 Å². The van der Waals surface area contributed by atoms with Crippen LogP contribution in [0.4, 0.5) is 0 Å². The quantitative estimate of drug-likeness (QED) is 0.464. The fourth-order valence-electron chi connectivity index (χ4n) is 2.34. The van der Waals surface area contributed by atoms with Crippen molar-refractivity contribution >= 4 is 23.6 Å². The third kappa shape index (κ3) is 5.88. The molecule has 0 aliphatic carbocycles. The Bertz CT molecular complexity index is 824. The van der Waals surface area contributed by atoms with Crippen molar-refractivity contribution in [2.24, 2.45) is 7.05 Å². The second kappa shape index (κ2) is 10.5.